The third-order valence-corrected chi connectivity index (χ3v) is 5.13. The number of phenols is 1. The van der Waals surface area contributed by atoms with Crippen molar-refractivity contribution in [2.75, 3.05) is 26.2 Å². The van der Waals surface area contributed by atoms with E-state index in [9.17, 15) is 10.2 Å². The molecular formula is C20H26ClN3O2. The lowest BCUT2D eigenvalue weighted by Crippen LogP contribution is -2.52. The fraction of sp³-hybridized carbons (Fsp3) is 0.450. The first-order valence-electron chi connectivity index (χ1n) is 9.02. The van der Waals surface area contributed by atoms with Crippen molar-refractivity contribution in [3.05, 3.63) is 58.4 Å². The summed E-state index contributed by atoms with van der Waals surface area (Å²) in [5.74, 6) is 0.277. The molecule has 1 aliphatic heterocycles. The van der Waals surface area contributed by atoms with Gasteiger partial charge in [-0.25, -0.2) is 0 Å². The van der Waals surface area contributed by atoms with E-state index in [1.807, 2.05) is 25.1 Å². The van der Waals surface area contributed by atoms with Crippen LogP contribution >= 0.6 is 11.6 Å². The van der Waals surface area contributed by atoms with Crippen LogP contribution in [0.2, 0.25) is 5.02 Å². The van der Waals surface area contributed by atoms with Gasteiger partial charge < -0.3 is 10.2 Å². The van der Waals surface area contributed by atoms with E-state index in [1.165, 1.54) is 0 Å². The number of halogens is 1. The molecule has 1 fully saturated rings. The highest BCUT2D eigenvalue weighted by Crippen LogP contribution is 2.25. The summed E-state index contributed by atoms with van der Waals surface area (Å²) in [6.45, 7) is 6.27. The van der Waals surface area contributed by atoms with E-state index in [0.29, 0.717) is 11.6 Å². The molecular weight excluding hydrogens is 350 g/mol. The van der Waals surface area contributed by atoms with Crippen LogP contribution in [-0.2, 0) is 13.1 Å². The highest BCUT2D eigenvalue weighted by molar-refractivity contribution is 6.30. The van der Waals surface area contributed by atoms with Gasteiger partial charge >= 0.3 is 0 Å². The predicted molar refractivity (Wildman–Crippen MR) is 103 cm³/mol. The number of aromatic nitrogens is 1. The molecule has 0 unspecified atom stereocenters. The first-order chi connectivity index (χ1) is 12.5. The van der Waals surface area contributed by atoms with Crippen LogP contribution in [0.25, 0.3) is 0 Å². The highest BCUT2D eigenvalue weighted by Gasteiger charge is 2.27. The second-order valence-corrected chi connectivity index (χ2v) is 7.35. The molecule has 1 aliphatic rings. The fourth-order valence-corrected chi connectivity index (χ4v) is 3.74. The predicted octanol–water partition coefficient (Wildman–Crippen LogP) is 2.82. The lowest BCUT2D eigenvalue weighted by atomic mass is 10.1. The number of aromatic hydroxyl groups is 1. The number of hydrogen-bond donors (Lipinski definition) is 2. The summed E-state index contributed by atoms with van der Waals surface area (Å²) < 4.78 is 0. The van der Waals surface area contributed by atoms with Gasteiger partial charge in [-0.3, -0.25) is 14.8 Å². The van der Waals surface area contributed by atoms with Gasteiger partial charge in [0.1, 0.15) is 5.75 Å². The van der Waals surface area contributed by atoms with Crippen LogP contribution in [0.5, 0.6) is 5.75 Å². The lowest BCUT2D eigenvalue weighted by Gasteiger charge is -2.41. The Hall–Kier alpha value is -1.66. The Balaban J connectivity index is 1.66. The Bertz CT molecular complexity index is 741. The van der Waals surface area contributed by atoms with Crippen LogP contribution in [0.3, 0.4) is 0 Å². The molecule has 6 heteroatoms. The molecule has 26 heavy (non-hydrogen) atoms. The first kappa shape index (κ1) is 19.1. The molecule has 2 aromatic rings. The number of pyridine rings is 1. The molecule has 0 spiro atoms. The maximum absolute atomic E-state index is 10.1. The van der Waals surface area contributed by atoms with E-state index >= 15 is 0 Å². The molecule has 5 nitrogen and oxygen atoms in total. The third kappa shape index (κ3) is 4.95. The number of phenolic OH excluding ortho intramolecular Hbond substituents is 1. The Morgan fingerprint density at radius 2 is 2.04 bits per heavy atom. The number of aryl methyl sites for hydroxylation is 1. The number of aliphatic hydroxyl groups excluding tert-OH is 1. The summed E-state index contributed by atoms with van der Waals surface area (Å²) in [6.07, 6.45) is 0.726. The largest absolute Gasteiger partial charge is 0.508 e. The zero-order valence-corrected chi connectivity index (χ0v) is 15.9. The zero-order chi connectivity index (χ0) is 18.5. The Morgan fingerprint density at radius 1 is 1.19 bits per heavy atom. The van der Waals surface area contributed by atoms with Gasteiger partial charge in [-0.05, 0) is 43.7 Å². The van der Waals surface area contributed by atoms with Crippen molar-refractivity contribution in [2.45, 2.75) is 32.5 Å². The third-order valence-electron chi connectivity index (χ3n) is 4.90. The smallest absolute Gasteiger partial charge is 0.120 e. The topological polar surface area (TPSA) is 59.8 Å². The second-order valence-electron chi connectivity index (χ2n) is 6.92. The van der Waals surface area contributed by atoms with Gasteiger partial charge in [0, 0.05) is 61.7 Å². The molecule has 0 saturated carbocycles. The van der Waals surface area contributed by atoms with Gasteiger partial charge in [0.05, 0.1) is 5.69 Å². The van der Waals surface area contributed by atoms with Crippen LogP contribution in [-0.4, -0.2) is 57.3 Å². The van der Waals surface area contributed by atoms with Crippen LogP contribution in [0.4, 0.5) is 0 Å². The van der Waals surface area contributed by atoms with Crippen molar-refractivity contribution >= 4 is 11.6 Å². The minimum absolute atomic E-state index is 0.165. The van der Waals surface area contributed by atoms with Gasteiger partial charge in [-0.1, -0.05) is 17.7 Å². The van der Waals surface area contributed by atoms with Crippen molar-refractivity contribution in [1.82, 2.24) is 14.8 Å². The van der Waals surface area contributed by atoms with Gasteiger partial charge in [0.25, 0.3) is 0 Å². The molecule has 1 aromatic carbocycles. The number of benzene rings is 1. The van der Waals surface area contributed by atoms with Crippen LogP contribution in [0.1, 0.15) is 23.4 Å². The van der Waals surface area contributed by atoms with E-state index in [2.05, 4.69) is 20.9 Å². The van der Waals surface area contributed by atoms with Crippen molar-refractivity contribution in [3.63, 3.8) is 0 Å². The van der Waals surface area contributed by atoms with Crippen molar-refractivity contribution in [2.24, 2.45) is 0 Å². The number of piperazine rings is 1. The number of rotatable bonds is 6. The van der Waals surface area contributed by atoms with E-state index in [1.54, 1.807) is 12.1 Å². The minimum Gasteiger partial charge on any atom is -0.508 e. The molecule has 0 radical (unpaired) electrons. The SMILES string of the molecule is Cc1cccc(CN2CCN(Cc3cc(Cl)ccc3O)C[C@H]2CCO)n1. The van der Waals surface area contributed by atoms with Crippen LogP contribution in [0, 0.1) is 6.92 Å². The standard InChI is InChI=1S/C20H26ClN3O2/c1-15-3-2-4-18(22-15)13-24-9-8-23(14-19(24)7-10-25)12-16-11-17(21)5-6-20(16)26/h2-6,11,19,25-26H,7-10,12-14H2,1H3/t19-/m1/s1. The summed E-state index contributed by atoms with van der Waals surface area (Å²) in [5.41, 5.74) is 2.93. The second kappa shape index (κ2) is 8.82. The molecule has 3 rings (SSSR count). The van der Waals surface area contributed by atoms with Gasteiger partial charge in [-0.15, -0.1) is 0 Å². The Morgan fingerprint density at radius 3 is 2.81 bits per heavy atom. The molecule has 1 saturated heterocycles. The molecule has 0 bridgehead atoms. The molecule has 1 aromatic heterocycles. The van der Waals surface area contributed by atoms with Crippen molar-refractivity contribution in [1.29, 1.82) is 0 Å². The lowest BCUT2D eigenvalue weighted by molar-refractivity contribution is 0.0488. The van der Waals surface area contributed by atoms with E-state index in [4.69, 9.17) is 11.6 Å². The maximum atomic E-state index is 10.1. The summed E-state index contributed by atoms with van der Waals surface area (Å²) >= 11 is 6.06. The Labute approximate surface area is 159 Å². The average molecular weight is 376 g/mol. The van der Waals surface area contributed by atoms with Crippen LogP contribution < -0.4 is 0 Å². The summed E-state index contributed by atoms with van der Waals surface area (Å²) in [4.78, 5) is 9.31. The number of aliphatic hydroxyl groups is 1. The fourth-order valence-electron chi connectivity index (χ4n) is 3.55. The maximum Gasteiger partial charge on any atom is 0.120 e. The van der Waals surface area contributed by atoms with Gasteiger partial charge in [-0.2, -0.15) is 0 Å². The van der Waals surface area contributed by atoms with Crippen molar-refractivity contribution < 1.29 is 10.2 Å². The molecule has 1 atom stereocenters. The molecule has 0 amide bonds. The van der Waals surface area contributed by atoms with Crippen molar-refractivity contribution in [3.8, 4) is 5.75 Å². The summed E-state index contributed by atoms with van der Waals surface area (Å²) in [6, 6.07) is 11.5. The minimum atomic E-state index is 0.165. The summed E-state index contributed by atoms with van der Waals surface area (Å²) in [5, 5.41) is 20.2. The summed E-state index contributed by atoms with van der Waals surface area (Å²) in [7, 11) is 0. The molecule has 2 N–H and O–H groups in total. The normalized spacial score (nSPS) is 19.0. The van der Waals surface area contributed by atoms with Gasteiger partial charge in [0.2, 0.25) is 0 Å². The van der Waals surface area contributed by atoms with E-state index < -0.39 is 0 Å². The highest BCUT2D eigenvalue weighted by atomic mass is 35.5. The van der Waals surface area contributed by atoms with Crippen LogP contribution in [0.15, 0.2) is 36.4 Å². The molecule has 140 valence electrons. The quantitative estimate of drug-likeness (QED) is 0.813. The monoisotopic (exact) mass is 375 g/mol. The molecule has 0 aliphatic carbocycles. The number of hydrogen-bond acceptors (Lipinski definition) is 5. The number of nitrogens with zero attached hydrogens (tertiary/aromatic N) is 3. The first-order valence-corrected chi connectivity index (χ1v) is 9.40. The Kier molecular flexibility index (Phi) is 6.48. The zero-order valence-electron chi connectivity index (χ0n) is 15.1. The van der Waals surface area contributed by atoms with E-state index in [-0.39, 0.29) is 18.4 Å². The molecule has 2 heterocycles. The van der Waals surface area contributed by atoms with E-state index in [0.717, 1.165) is 49.6 Å². The van der Waals surface area contributed by atoms with Gasteiger partial charge in [0.15, 0.2) is 0 Å². The average Bonchev–Trinajstić information content (AvgIpc) is 2.61.